The van der Waals surface area contributed by atoms with Crippen LogP contribution < -0.4 is 0 Å². The maximum atomic E-state index is 9.84. The Labute approximate surface area is 82.8 Å². The number of rotatable bonds is 1. The Morgan fingerprint density at radius 1 is 2.00 bits per heavy atom. The summed E-state index contributed by atoms with van der Waals surface area (Å²) in [6, 6.07) is 0. The summed E-state index contributed by atoms with van der Waals surface area (Å²) in [5.74, 6) is -0.394. The van der Waals surface area contributed by atoms with Crippen molar-refractivity contribution in [2.75, 3.05) is 7.11 Å². The molecule has 0 unspecified atom stereocenters. The van der Waals surface area contributed by atoms with Gasteiger partial charge in [0.15, 0.2) is 0 Å². The van der Waals surface area contributed by atoms with Crippen LogP contribution in [0.5, 0.6) is 0 Å². The molecule has 0 fully saturated rings. The fourth-order valence-electron chi connectivity index (χ4n) is 0.0833. The average Bonchev–Trinajstić information content (AvgIpc) is 1.65. The number of ether oxygens (including phenoxy) is 1. The predicted molar refractivity (Wildman–Crippen MR) is 30.2 cm³/mol. The maximum Gasteiger partial charge on any atom is 2.00 e. The van der Waals surface area contributed by atoms with Crippen molar-refractivity contribution in [3.63, 3.8) is 0 Å². The zero-order valence-corrected chi connectivity index (χ0v) is 7.78. The summed E-state index contributed by atoms with van der Waals surface area (Å²) >= 11 is 0. The molecule has 0 amide bonds. The second-order valence-electron chi connectivity index (χ2n) is 0.727. The van der Waals surface area contributed by atoms with Crippen LogP contribution in [0.3, 0.4) is 0 Å². The molecule has 0 aliphatic carbocycles. The van der Waals surface area contributed by atoms with E-state index in [1.165, 1.54) is 7.11 Å². The van der Waals surface area contributed by atoms with Gasteiger partial charge in [-0.25, -0.2) is 4.79 Å². The molecule has 0 aliphatic rings. The molecule has 0 aliphatic heterocycles. The number of carbonyl (C=O) groups is 1. The zero-order valence-electron chi connectivity index (χ0n) is 6.31. The van der Waals surface area contributed by atoms with Gasteiger partial charge in [-0.1, -0.05) is 6.58 Å². The van der Waals surface area contributed by atoms with Crippen molar-refractivity contribution >= 4 is 51.5 Å². The molecule has 0 rings (SSSR count). The molecule has 0 aromatic carbocycles. The van der Waals surface area contributed by atoms with Crippen LogP contribution in [0.4, 0.5) is 0 Å². The fourth-order valence-corrected chi connectivity index (χ4v) is 0.0833. The number of esters is 1. The summed E-state index contributed by atoms with van der Waals surface area (Å²) in [6.45, 7) is 3.16. The van der Waals surface area contributed by atoms with Crippen LogP contribution in [-0.4, -0.2) is 58.6 Å². The zero-order chi connectivity index (χ0) is 4.99. The van der Waals surface area contributed by atoms with Gasteiger partial charge in [0.2, 0.25) is 0 Å². The Morgan fingerprint density at radius 3 is 2.43 bits per heavy atom. The van der Waals surface area contributed by atoms with E-state index < -0.39 is 5.97 Å². The Bertz CT molecular complexity index is 77.0. The minimum atomic E-state index is -0.394. The molecule has 0 atom stereocenters. The third kappa shape index (κ3) is 6.69. The topological polar surface area (TPSA) is 26.3 Å². The normalized spacial score (nSPS) is 5.86. The second kappa shape index (κ2) is 6.69. The summed E-state index contributed by atoms with van der Waals surface area (Å²) < 4.78 is 4.14. The predicted octanol–water partition coefficient (Wildman–Crippen LogP) is 0.190. The molecule has 0 saturated heterocycles. The van der Waals surface area contributed by atoms with Gasteiger partial charge in [-0.15, -0.1) is 0 Å². The van der Waals surface area contributed by atoms with E-state index in [1.54, 1.807) is 0 Å². The Hall–Kier alpha value is 0.691. The van der Waals surface area contributed by atoms with Crippen molar-refractivity contribution in [1.82, 2.24) is 0 Å². The van der Waals surface area contributed by atoms with Crippen molar-refractivity contribution in [2.45, 2.75) is 0 Å². The Morgan fingerprint density at radius 2 is 2.43 bits per heavy atom. The SMILES string of the molecule is C=CC(=O)OC.[H-].[H-].[Sr+2]. The molecule has 0 N–H and O–H groups in total. The van der Waals surface area contributed by atoms with Gasteiger partial charge in [0, 0.05) is 6.08 Å². The van der Waals surface area contributed by atoms with E-state index in [0.717, 1.165) is 6.08 Å². The van der Waals surface area contributed by atoms with E-state index in [4.69, 9.17) is 0 Å². The van der Waals surface area contributed by atoms with Crippen LogP contribution in [-0.2, 0) is 9.53 Å². The van der Waals surface area contributed by atoms with Crippen molar-refractivity contribution in [2.24, 2.45) is 0 Å². The first kappa shape index (κ1) is 10.6. The number of hydrogen-bond donors (Lipinski definition) is 0. The fraction of sp³-hybridized carbons (Fsp3) is 0.250. The first-order chi connectivity index (χ1) is 2.81. The van der Waals surface area contributed by atoms with Gasteiger partial charge in [0.1, 0.15) is 0 Å². The standard InChI is InChI=1S/C4H6O2.Sr.2H/c1-3-4(5)6-2;;;/h3H,1H2,2H3;;;/q;+2;2*-1. The second-order valence-corrected chi connectivity index (χ2v) is 0.727. The first-order valence-corrected chi connectivity index (χ1v) is 1.51. The van der Waals surface area contributed by atoms with Crippen LogP contribution in [0, 0.1) is 0 Å². The number of carbonyl (C=O) groups excluding carboxylic acids is 1. The molecule has 0 saturated carbocycles. The molecule has 2 nitrogen and oxygen atoms in total. The van der Waals surface area contributed by atoms with Crippen molar-refractivity contribution in [1.29, 1.82) is 0 Å². The molecule has 3 heteroatoms. The van der Waals surface area contributed by atoms with Crippen LogP contribution in [0.15, 0.2) is 12.7 Å². The molecular weight excluding hydrogens is 168 g/mol. The van der Waals surface area contributed by atoms with E-state index in [0.29, 0.717) is 0 Å². The van der Waals surface area contributed by atoms with Crippen molar-refractivity contribution < 1.29 is 12.4 Å². The number of methoxy groups -OCH3 is 1. The minimum Gasteiger partial charge on any atom is -1.00 e. The Kier molecular flexibility index (Phi) is 10.2. The van der Waals surface area contributed by atoms with Crippen molar-refractivity contribution in [3.8, 4) is 0 Å². The monoisotopic (exact) mass is 176 g/mol. The molecule has 0 aromatic rings. The van der Waals surface area contributed by atoms with Gasteiger partial charge in [-0.2, -0.15) is 0 Å². The third-order valence-electron chi connectivity index (χ3n) is 0.368. The van der Waals surface area contributed by atoms with Gasteiger partial charge in [-0.05, 0) is 0 Å². The summed E-state index contributed by atoms with van der Waals surface area (Å²) in [5, 5.41) is 0. The van der Waals surface area contributed by atoms with Gasteiger partial charge in [-0.3, -0.25) is 0 Å². The van der Waals surface area contributed by atoms with Crippen LogP contribution in [0.1, 0.15) is 2.85 Å². The molecule has 0 radical (unpaired) electrons. The maximum absolute atomic E-state index is 9.84. The molecule has 0 spiro atoms. The number of hydrogen-bond acceptors (Lipinski definition) is 2. The summed E-state index contributed by atoms with van der Waals surface area (Å²) in [7, 11) is 1.31. The smallest absolute Gasteiger partial charge is 1.00 e. The largest absolute Gasteiger partial charge is 2.00 e. The summed E-state index contributed by atoms with van der Waals surface area (Å²) in [6.07, 6.45) is 1.11. The Balaban J connectivity index is -0.0000000417. The molecule has 0 bridgehead atoms. The van der Waals surface area contributed by atoms with Gasteiger partial charge in [0.05, 0.1) is 7.11 Å². The van der Waals surface area contributed by atoms with Gasteiger partial charge in [0.25, 0.3) is 0 Å². The molecule has 7 heavy (non-hydrogen) atoms. The third-order valence-corrected chi connectivity index (χ3v) is 0.368. The summed E-state index contributed by atoms with van der Waals surface area (Å²) in [4.78, 5) is 9.84. The van der Waals surface area contributed by atoms with E-state index in [1.807, 2.05) is 0 Å². The van der Waals surface area contributed by atoms with Gasteiger partial charge >= 0.3 is 51.5 Å². The molecule has 0 heterocycles. The van der Waals surface area contributed by atoms with Crippen LogP contribution >= 0.6 is 0 Å². The van der Waals surface area contributed by atoms with Crippen LogP contribution in [0.2, 0.25) is 0 Å². The van der Waals surface area contributed by atoms with Gasteiger partial charge < -0.3 is 7.59 Å². The van der Waals surface area contributed by atoms with E-state index in [-0.39, 0.29) is 48.3 Å². The molecule has 0 aromatic heterocycles. The van der Waals surface area contributed by atoms with E-state index in [2.05, 4.69) is 11.3 Å². The first-order valence-electron chi connectivity index (χ1n) is 1.51. The minimum absolute atomic E-state index is 0. The van der Waals surface area contributed by atoms with E-state index in [9.17, 15) is 4.79 Å². The quantitative estimate of drug-likeness (QED) is 0.323. The molecule has 38 valence electrons. The van der Waals surface area contributed by atoms with Crippen LogP contribution in [0.25, 0.3) is 0 Å². The van der Waals surface area contributed by atoms with Crippen molar-refractivity contribution in [3.05, 3.63) is 12.7 Å². The van der Waals surface area contributed by atoms with E-state index >= 15 is 0 Å². The molecular formula is C4H8O2Sr. The average molecular weight is 176 g/mol. The summed E-state index contributed by atoms with van der Waals surface area (Å²) in [5.41, 5.74) is 0.